The summed E-state index contributed by atoms with van der Waals surface area (Å²) in [7, 11) is 0. The van der Waals surface area contributed by atoms with Crippen molar-refractivity contribution in [3.8, 4) is 11.1 Å². The first-order valence-electron chi connectivity index (χ1n) is 4.35. The van der Waals surface area contributed by atoms with Gasteiger partial charge < -0.3 is 0 Å². The van der Waals surface area contributed by atoms with Crippen LogP contribution in [0.5, 0.6) is 0 Å². The average molecular weight is 277 g/mol. The fraction of sp³-hybridized carbons (Fsp3) is 0. The molecule has 1 heterocycles. The Morgan fingerprint density at radius 2 is 1.75 bits per heavy atom. The predicted octanol–water partition coefficient (Wildman–Crippen LogP) is 4.85. The van der Waals surface area contributed by atoms with Crippen LogP contribution in [0.3, 0.4) is 0 Å². The van der Waals surface area contributed by atoms with Gasteiger partial charge in [-0.05, 0) is 12.1 Å². The fourth-order valence-electron chi connectivity index (χ4n) is 1.34. The molecule has 82 valence electrons. The number of aromatic nitrogens is 1. The molecule has 0 fully saturated rings. The summed E-state index contributed by atoms with van der Waals surface area (Å²) in [5, 5.41) is 0.477. The van der Waals surface area contributed by atoms with E-state index < -0.39 is 5.82 Å². The molecule has 0 atom stereocenters. The molecular formula is C11H5Cl3FN. The van der Waals surface area contributed by atoms with Gasteiger partial charge in [-0.1, -0.05) is 46.9 Å². The van der Waals surface area contributed by atoms with E-state index in [-0.39, 0.29) is 10.7 Å². The number of hydrogen-bond donors (Lipinski definition) is 0. The molecule has 0 N–H and O–H groups in total. The van der Waals surface area contributed by atoms with Crippen molar-refractivity contribution >= 4 is 34.8 Å². The molecule has 5 heteroatoms. The van der Waals surface area contributed by atoms with Crippen molar-refractivity contribution in [2.45, 2.75) is 0 Å². The summed E-state index contributed by atoms with van der Waals surface area (Å²) in [6.07, 6.45) is 1.41. The van der Waals surface area contributed by atoms with E-state index >= 15 is 0 Å². The molecule has 0 saturated heterocycles. The highest BCUT2D eigenvalue weighted by Crippen LogP contribution is 2.35. The third-order valence-electron chi connectivity index (χ3n) is 2.09. The van der Waals surface area contributed by atoms with Gasteiger partial charge in [-0.15, -0.1) is 0 Å². The van der Waals surface area contributed by atoms with E-state index in [2.05, 4.69) is 4.98 Å². The van der Waals surface area contributed by atoms with Gasteiger partial charge in [0.1, 0.15) is 0 Å². The van der Waals surface area contributed by atoms with Crippen molar-refractivity contribution in [2.24, 2.45) is 0 Å². The van der Waals surface area contributed by atoms with Crippen LogP contribution >= 0.6 is 34.8 Å². The van der Waals surface area contributed by atoms with Crippen molar-refractivity contribution in [2.75, 3.05) is 0 Å². The first kappa shape index (κ1) is 11.6. The minimum atomic E-state index is -0.603. The Hall–Kier alpha value is -0.830. The molecule has 0 saturated carbocycles. The zero-order valence-corrected chi connectivity index (χ0v) is 10.1. The predicted molar refractivity (Wildman–Crippen MR) is 64.7 cm³/mol. The molecule has 2 aromatic rings. The Labute approximate surface area is 107 Å². The summed E-state index contributed by atoms with van der Waals surface area (Å²) < 4.78 is 13.7. The lowest BCUT2D eigenvalue weighted by molar-refractivity contribution is 0.625. The van der Waals surface area contributed by atoms with E-state index in [1.54, 1.807) is 18.2 Å². The van der Waals surface area contributed by atoms with Crippen molar-refractivity contribution in [1.29, 1.82) is 0 Å². The molecule has 2 rings (SSSR count). The topological polar surface area (TPSA) is 12.9 Å². The molecule has 0 aliphatic carbocycles. The van der Waals surface area contributed by atoms with Gasteiger partial charge >= 0.3 is 0 Å². The lowest BCUT2D eigenvalue weighted by Crippen LogP contribution is -1.89. The third-order valence-corrected chi connectivity index (χ3v) is 3.17. The van der Waals surface area contributed by atoms with Crippen LogP contribution in [-0.4, -0.2) is 4.98 Å². The van der Waals surface area contributed by atoms with Crippen molar-refractivity contribution in [1.82, 2.24) is 4.98 Å². The maximum atomic E-state index is 13.7. The molecular weight excluding hydrogens is 271 g/mol. The van der Waals surface area contributed by atoms with Gasteiger partial charge in [0.2, 0.25) is 0 Å². The monoisotopic (exact) mass is 275 g/mol. The first-order valence-corrected chi connectivity index (χ1v) is 5.49. The summed E-state index contributed by atoms with van der Waals surface area (Å²) in [5.41, 5.74) is 0.781. The van der Waals surface area contributed by atoms with Crippen LogP contribution in [0.2, 0.25) is 15.2 Å². The second kappa shape index (κ2) is 4.58. The summed E-state index contributed by atoms with van der Waals surface area (Å²) in [6, 6.07) is 6.49. The second-order valence-corrected chi connectivity index (χ2v) is 4.21. The van der Waals surface area contributed by atoms with Crippen molar-refractivity contribution in [3.05, 3.63) is 51.5 Å². The molecule has 0 amide bonds. The number of rotatable bonds is 1. The van der Waals surface area contributed by atoms with E-state index in [0.29, 0.717) is 15.6 Å². The Balaban J connectivity index is 2.68. The molecule has 0 aliphatic rings. The van der Waals surface area contributed by atoms with Crippen molar-refractivity contribution < 1.29 is 4.39 Å². The van der Waals surface area contributed by atoms with Crippen LogP contribution < -0.4 is 0 Å². The zero-order valence-electron chi connectivity index (χ0n) is 7.85. The number of nitrogens with zero attached hydrogens (tertiary/aromatic N) is 1. The summed E-state index contributed by atoms with van der Waals surface area (Å²) >= 11 is 17.4. The molecule has 0 spiro atoms. The van der Waals surface area contributed by atoms with Gasteiger partial charge in [-0.3, -0.25) is 0 Å². The van der Waals surface area contributed by atoms with Gasteiger partial charge in [0.15, 0.2) is 11.0 Å². The smallest absolute Gasteiger partial charge is 0.168 e. The normalized spacial score (nSPS) is 10.5. The highest BCUT2D eigenvalue weighted by molar-refractivity contribution is 6.43. The maximum Gasteiger partial charge on any atom is 0.168 e. The Morgan fingerprint density at radius 3 is 2.50 bits per heavy atom. The Bertz CT molecular complexity index is 493. The number of hydrogen-bond acceptors (Lipinski definition) is 1. The number of benzene rings is 1. The molecule has 16 heavy (non-hydrogen) atoms. The maximum absolute atomic E-state index is 13.7. The van der Waals surface area contributed by atoms with Gasteiger partial charge in [0, 0.05) is 17.3 Å². The summed E-state index contributed by atoms with van der Waals surface area (Å²) in [5.74, 6) is -0.603. The second-order valence-electron chi connectivity index (χ2n) is 3.06. The highest BCUT2D eigenvalue weighted by Gasteiger charge is 2.13. The van der Waals surface area contributed by atoms with Gasteiger partial charge in [0.25, 0.3) is 0 Å². The van der Waals surface area contributed by atoms with Crippen LogP contribution in [0.25, 0.3) is 11.1 Å². The molecule has 0 unspecified atom stereocenters. The third kappa shape index (κ3) is 2.01. The average Bonchev–Trinajstić information content (AvgIpc) is 2.27. The van der Waals surface area contributed by atoms with E-state index in [1.807, 2.05) is 0 Å². The minimum Gasteiger partial charge on any atom is -0.242 e. The molecule has 0 aliphatic heterocycles. The van der Waals surface area contributed by atoms with E-state index in [4.69, 9.17) is 34.8 Å². The summed E-state index contributed by atoms with van der Waals surface area (Å²) in [4.78, 5) is 3.63. The highest BCUT2D eigenvalue weighted by atomic mass is 35.5. The van der Waals surface area contributed by atoms with Crippen LogP contribution in [0, 0.1) is 5.82 Å². The number of halogens is 4. The standard InChI is InChI=1S/C11H5Cl3FN/c12-8-3-1-2-6(9(8)13)7-4-5-16-11(14)10(7)15/h1-5H. The molecule has 0 radical (unpaired) electrons. The van der Waals surface area contributed by atoms with Crippen LogP contribution in [-0.2, 0) is 0 Å². The van der Waals surface area contributed by atoms with Gasteiger partial charge in [0.05, 0.1) is 10.0 Å². The van der Waals surface area contributed by atoms with Crippen LogP contribution in [0.15, 0.2) is 30.5 Å². The quantitative estimate of drug-likeness (QED) is 0.679. The molecule has 0 bridgehead atoms. The minimum absolute atomic E-state index is 0.187. The van der Waals surface area contributed by atoms with Gasteiger partial charge in [-0.2, -0.15) is 0 Å². The van der Waals surface area contributed by atoms with Crippen LogP contribution in [0.4, 0.5) is 4.39 Å². The van der Waals surface area contributed by atoms with Gasteiger partial charge in [-0.25, -0.2) is 9.37 Å². The van der Waals surface area contributed by atoms with Crippen molar-refractivity contribution in [3.63, 3.8) is 0 Å². The first-order chi connectivity index (χ1) is 7.61. The lowest BCUT2D eigenvalue weighted by atomic mass is 10.1. The Morgan fingerprint density at radius 1 is 1.00 bits per heavy atom. The van der Waals surface area contributed by atoms with E-state index in [0.717, 1.165) is 0 Å². The Kier molecular flexibility index (Phi) is 3.33. The fourth-order valence-corrected chi connectivity index (χ4v) is 1.90. The number of pyridine rings is 1. The molecule has 1 aromatic heterocycles. The molecule has 1 aromatic carbocycles. The largest absolute Gasteiger partial charge is 0.242 e. The summed E-state index contributed by atoms with van der Waals surface area (Å²) in [6.45, 7) is 0. The van der Waals surface area contributed by atoms with E-state index in [1.165, 1.54) is 12.3 Å². The van der Waals surface area contributed by atoms with E-state index in [9.17, 15) is 4.39 Å². The zero-order chi connectivity index (χ0) is 11.7. The lowest BCUT2D eigenvalue weighted by Gasteiger charge is -2.07. The molecule has 1 nitrogen and oxygen atoms in total. The van der Waals surface area contributed by atoms with Crippen LogP contribution in [0.1, 0.15) is 0 Å². The SMILES string of the molecule is Fc1c(-c2cccc(Cl)c2Cl)ccnc1Cl.